The van der Waals surface area contributed by atoms with Crippen LogP contribution in [0.1, 0.15) is 26.2 Å². The number of amides is 1. The van der Waals surface area contributed by atoms with Crippen LogP contribution in [0, 0.1) is 0 Å². The molecule has 0 aliphatic carbocycles. The van der Waals surface area contributed by atoms with Crippen LogP contribution in [0.2, 0.25) is 0 Å². The molecule has 0 aliphatic rings. The molecule has 0 bridgehead atoms. The van der Waals surface area contributed by atoms with Crippen LogP contribution in [0.25, 0.3) is 0 Å². The maximum Gasteiger partial charge on any atom is 0.328 e. The highest BCUT2D eigenvalue weighted by atomic mass is 16.4. The van der Waals surface area contributed by atoms with Gasteiger partial charge in [0.1, 0.15) is 6.04 Å². The molecule has 2 atom stereocenters. The zero-order valence-electron chi connectivity index (χ0n) is 8.77. The van der Waals surface area contributed by atoms with Crippen molar-refractivity contribution in [2.24, 2.45) is 5.73 Å². The van der Waals surface area contributed by atoms with E-state index in [1.54, 1.807) is 0 Å². The van der Waals surface area contributed by atoms with Crippen LogP contribution < -0.4 is 11.1 Å². The summed E-state index contributed by atoms with van der Waals surface area (Å²) in [5.74, 6) is -1.70. The Bertz CT molecular complexity index is 220. The molecular formula is C9H18N2O4. The summed E-state index contributed by atoms with van der Waals surface area (Å²) in [5, 5.41) is 19.4. The molecule has 88 valence electrons. The van der Waals surface area contributed by atoms with Gasteiger partial charge in [0.05, 0.1) is 6.61 Å². The molecule has 0 heterocycles. The van der Waals surface area contributed by atoms with Gasteiger partial charge in [0.2, 0.25) is 5.91 Å². The van der Waals surface area contributed by atoms with Gasteiger partial charge >= 0.3 is 5.97 Å². The molecule has 6 heteroatoms. The number of carbonyl (C=O) groups is 2. The molecule has 1 unspecified atom stereocenters. The molecule has 0 fully saturated rings. The largest absolute Gasteiger partial charge is 0.480 e. The van der Waals surface area contributed by atoms with Crippen LogP contribution in [0.5, 0.6) is 0 Å². The second-order valence-corrected chi connectivity index (χ2v) is 3.39. The summed E-state index contributed by atoms with van der Waals surface area (Å²) in [5.41, 5.74) is 5.61. The lowest BCUT2D eigenvalue weighted by atomic mass is 10.1. The van der Waals surface area contributed by atoms with Crippen molar-refractivity contribution in [2.45, 2.75) is 38.3 Å². The number of hydrogen-bond donors (Lipinski definition) is 4. The zero-order chi connectivity index (χ0) is 11.8. The average molecular weight is 218 g/mol. The van der Waals surface area contributed by atoms with Gasteiger partial charge in [0.15, 0.2) is 0 Å². The molecule has 15 heavy (non-hydrogen) atoms. The standard InChI is InChI=1S/C9H18N2O4/c1-2-3-6(10)4-8(13)11-7(5-12)9(14)15/h6-7,12H,2-5,10H2,1H3,(H,11,13)(H,14,15)/t6?,7-/m1/s1. The van der Waals surface area contributed by atoms with Gasteiger partial charge in [-0.05, 0) is 6.42 Å². The van der Waals surface area contributed by atoms with Crippen molar-refractivity contribution in [2.75, 3.05) is 6.61 Å². The second kappa shape index (κ2) is 7.19. The predicted molar refractivity (Wildman–Crippen MR) is 54.2 cm³/mol. The molecule has 0 aromatic carbocycles. The maximum atomic E-state index is 11.2. The van der Waals surface area contributed by atoms with E-state index < -0.39 is 24.5 Å². The van der Waals surface area contributed by atoms with Crippen LogP contribution in [0.15, 0.2) is 0 Å². The molecule has 1 amide bonds. The molecule has 0 aromatic rings. The van der Waals surface area contributed by atoms with Gasteiger partial charge in [-0.3, -0.25) is 4.79 Å². The van der Waals surface area contributed by atoms with Gasteiger partial charge in [-0.1, -0.05) is 13.3 Å². The van der Waals surface area contributed by atoms with Crippen molar-refractivity contribution in [3.63, 3.8) is 0 Å². The Morgan fingerprint density at radius 1 is 1.47 bits per heavy atom. The highest BCUT2D eigenvalue weighted by Gasteiger charge is 2.19. The summed E-state index contributed by atoms with van der Waals surface area (Å²) in [6.45, 7) is 1.33. The van der Waals surface area contributed by atoms with Crippen molar-refractivity contribution in [3.8, 4) is 0 Å². The third-order valence-corrected chi connectivity index (χ3v) is 1.92. The summed E-state index contributed by atoms with van der Waals surface area (Å²) >= 11 is 0. The lowest BCUT2D eigenvalue weighted by Crippen LogP contribution is -2.44. The average Bonchev–Trinajstić information content (AvgIpc) is 2.13. The summed E-state index contributed by atoms with van der Waals surface area (Å²) in [7, 11) is 0. The summed E-state index contributed by atoms with van der Waals surface area (Å²) in [6.07, 6.45) is 1.67. The van der Waals surface area contributed by atoms with Crippen molar-refractivity contribution in [1.82, 2.24) is 5.32 Å². The number of nitrogens with one attached hydrogen (secondary N) is 1. The normalized spacial score (nSPS) is 14.3. The van der Waals surface area contributed by atoms with Crippen LogP contribution in [0.4, 0.5) is 0 Å². The fraction of sp³-hybridized carbons (Fsp3) is 0.778. The molecule has 0 rings (SSSR count). The van der Waals surface area contributed by atoms with E-state index in [0.29, 0.717) is 6.42 Å². The van der Waals surface area contributed by atoms with E-state index in [4.69, 9.17) is 15.9 Å². The predicted octanol–water partition coefficient (Wildman–Crippen LogP) is -0.934. The van der Waals surface area contributed by atoms with Crippen molar-refractivity contribution >= 4 is 11.9 Å². The lowest BCUT2D eigenvalue weighted by Gasteiger charge is -2.14. The third kappa shape index (κ3) is 6.03. The first-order chi connectivity index (χ1) is 7.01. The molecule has 0 aliphatic heterocycles. The number of aliphatic hydroxyl groups is 1. The first-order valence-corrected chi connectivity index (χ1v) is 4.89. The first kappa shape index (κ1) is 13.9. The molecule has 0 saturated carbocycles. The topological polar surface area (TPSA) is 113 Å². The lowest BCUT2D eigenvalue weighted by molar-refractivity contribution is -0.143. The minimum absolute atomic E-state index is 0.0810. The molecule has 0 radical (unpaired) electrons. The molecule has 0 aromatic heterocycles. The quantitative estimate of drug-likeness (QED) is 0.441. The van der Waals surface area contributed by atoms with Crippen molar-refractivity contribution in [3.05, 3.63) is 0 Å². The maximum absolute atomic E-state index is 11.2. The number of hydrogen-bond acceptors (Lipinski definition) is 4. The van der Waals surface area contributed by atoms with Gasteiger partial charge in [-0.25, -0.2) is 4.79 Å². The molecule has 0 saturated heterocycles. The second-order valence-electron chi connectivity index (χ2n) is 3.39. The fourth-order valence-electron chi connectivity index (χ4n) is 1.15. The highest BCUT2D eigenvalue weighted by molar-refractivity contribution is 5.83. The molecule has 6 nitrogen and oxygen atoms in total. The van der Waals surface area contributed by atoms with E-state index in [9.17, 15) is 9.59 Å². The van der Waals surface area contributed by atoms with Crippen LogP contribution >= 0.6 is 0 Å². The van der Waals surface area contributed by atoms with Gasteiger partial charge in [0, 0.05) is 12.5 Å². The SMILES string of the molecule is CCCC(N)CC(=O)N[C@H](CO)C(=O)O. The minimum atomic E-state index is -1.25. The zero-order valence-corrected chi connectivity index (χ0v) is 8.77. The summed E-state index contributed by atoms with van der Waals surface area (Å²) in [4.78, 5) is 21.7. The Hall–Kier alpha value is -1.14. The van der Waals surface area contributed by atoms with E-state index >= 15 is 0 Å². The van der Waals surface area contributed by atoms with E-state index in [2.05, 4.69) is 5.32 Å². The Morgan fingerprint density at radius 2 is 2.07 bits per heavy atom. The smallest absolute Gasteiger partial charge is 0.328 e. The fourth-order valence-corrected chi connectivity index (χ4v) is 1.15. The molecular weight excluding hydrogens is 200 g/mol. The van der Waals surface area contributed by atoms with Crippen molar-refractivity contribution < 1.29 is 19.8 Å². The Morgan fingerprint density at radius 3 is 2.47 bits per heavy atom. The van der Waals surface area contributed by atoms with E-state index in [-0.39, 0.29) is 12.5 Å². The number of aliphatic hydroxyl groups excluding tert-OH is 1. The van der Waals surface area contributed by atoms with Crippen molar-refractivity contribution in [1.29, 1.82) is 0 Å². The minimum Gasteiger partial charge on any atom is -0.480 e. The number of rotatable bonds is 7. The van der Waals surface area contributed by atoms with Crippen LogP contribution in [-0.4, -0.2) is 40.8 Å². The number of aliphatic carboxylic acids is 1. The van der Waals surface area contributed by atoms with Gasteiger partial charge in [-0.15, -0.1) is 0 Å². The number of carboxylic acids is 1. The molecule has 5 N–H and O–H groups in total. The van der Waals surface area contributed by atoms with E-state index in [1.165, 1.54) is 0 Å². The highest BCUT2D eigenvalue weighted by Crippen LogP contribution is 1.98. The number of nitrogens with two attached hydrogens (primary N) is 1. The number of carbonyl (C=O) groups excluding carboxylic acids is 1. The monoisotopic (exact) mass is 218 g/mol. The van der Waals surface area contributed by atoms with Crippen LogP contribution in [-0.2, 0) is 9.59 Å². The van der Waals surface area contributed by atoms with Gasteiger partial charge < -0.3 is 21.3 Å². The van der Waals surface area contributed by atoms with Crippen LogP contribution in [0.3, 0.4) is 0 Å². The van der Waals surface area contributed by atoms with Gasteiger partial charge in [-0.2, -0.15) is 0 Å². The molecule has 0 spiro atoms. The summed E-state index contributed by atoms with van der Waals surface area (Å²) < 4.78 is 0. The Labute approximate surface area is 88.5 Å². The Kier molecular flexibility index (Phi) is 6.64. The Balaban J connectivity index is 3.96. The van der Waals surface area contributed by atoms with Gasteiger partial charge in [0.25, 0.3) is 0 Å². The number of carboxylic acid groups (broad SMARTS) is 1. The van der Waals surface area contributed by atoms with E-state index in [1.807, 2.05) is 6.92 Å². The third-order valence-electron chi connectivity index (χ3n) is 1.92. The van der Waals surface area contributed by atoms with E-state index in [0.717, 1.165) is 6.42 Å². The first-order valence-electron chi connectivity index (χ1n) is 4.89. The summed E-state index contributed by atoms with van der Waals surface area (Å²) in [6, 6.07) is -1.51.